The molecule has 0 aliphatic carbocycles. The van der Waals surface area contributed by atoms with Crippen LogP contribution in [0.15, 0.2) is 24.3 Å². The van der Waals surface area contributed by atoms with Gasteiger partial charge >= 0.3 is 6.03 Å². The number of carbonyl (C=O) groups excluding carboxylic acids is 2. The summed E-state index contributed by atoms with van der Waals surface area (Å²) < 4.78 is 10.7. The van der Waals surface area contributed by atoms with E-state index in [2.05, 4.69) is 16.0 Å². The fourth-order valence-corrected chi connectivity index (χ4v) is 2.17. The summed E-state index contributed by atoms with van der Waals surface area (Å²) in [6, 6.07) is 7.30. The van der Waals surface area contributed by atoms with Crippen molar-refractivity contribution in [3.63, 3.8) is 0 Å². The minimum Gasteiger partial charge on any atom is -0.351 e. The summed E-state index contributed by atoms with van der Waals surface area (Å²) in [5.41, 5.74) is 1.85. The van der Waals surface area contributed by atoms with Crippen LogP contribution in [0.3, 0.4) is 0 Å². The molecule has 0 aromatic heterocycles. The molecular weight excluding hydrogens is 298 g/mol. The average Bonchev–Trinajstić information content (AvgIpc) is 2.55. The zero-order valence-electron chi connectivity index (χ0n) is 13.3. The molecule has 0 radical (unpaired) electrons. The first-order valence-corrected chi connectivity index (χ1v) is 7.75. The van der Waals surface area contributed by atoms with Crippen LogP contribution < -0.4 is 16.0 Å². The molecule has 3 amide bonds. The van der Waals surface area contributed by atoms with Crippen LogP contribution in [0.2, 0.25) is 0 Å². The summed E-state index contributed by atoms with van der Waals surface area (Å²) in [4.78, 5) is 22.6. The number of carbonyl (C=O) groups is 2. The molecule has 1 fully saturated rings. The highest BCUT2D eigenvalue weighted by molar-refractivity contribution is 5.88. The molecule has 7 nitrogen and oxygen atoms in total. The first kappa shape index (κ1) is 17.2. The maximum absolute atomic E-state index is 11.7. The monoisotopic (exact) mass is 321 g/mol. The van der Waals surface area contributed by atoms with E-state index >= 15 is 0 Å². The van der Waals surface area contributed by atoms with Gasteiger partial charge in [0.2, 0.25) is 5.91 Å². The number of ether oxygens (including phenoxy) is 2. The van der Waals surface area contributed by atoms with Gasteiger partial charge < -0.3 is 25.4 Å². The number of rotatable bonds is 6. The van der Waals surface area contributed by atoms with Gasteiger partial charge in [0.05, 0.1) is 19.8 Å². The van der Waals surface area contributed by atoms with Crippen molar-refractivity contribution in [2.75, 3.05) is 31.6 Å². The fourth-order valence-electron chi connectivity index (χ4n) is 2.17. The molecule has 1 aromatic rings. The van der Waals surface area contributed by atoms with E-state index < -0.39 is 0 Å². The second kappa shape index (κ2) is 9.12. The van der Waals surface area contributed by atoms with Gasteiger partial charge in [0.1, 0.15) is 0 Å². The molecule has 0 atom stereocenters. The van der Waals surface area contributed by atoms with Crippen LogP contribution in [0.25, 0.3) is 0 Å². The average molecular weight is 321 g/mol. The molecule has 1 aromatic carbocycles. The van der Waals surface area contributed by atoms with Crippen molar-refractivity contribution in [2.24, 2.45) is 0 Å². The maximum atomic E-state index is 11.7. The van der Waals surface area contributed by atoms with Gasteiger partial charge in [-0.3, -0.25) is 4.79 Å². The Morgan fingerprint density at radius 2 is 1.83 bits per heavy atom. The summed E-state index contributed by atoms with van der Waals surface area (Å²) in [7, 11) is 0. The van der Waals surface area contributed by atoms with Crippen molar-refractivity contribution in [3.8, 4) is 0 Å². The van der Waals surface area contributed by atoms with Crippen molar-refractivity contribution in [2.45, 2.75) is 26.1 Å². The van der Waals surface area contributed by atoms with E-state index in [1.165, 1.54) is 6.92 Å². The summed E-state index contributed by atoms with van der Waals surface area (Å²) in [5.74, 6) is -0.0954. The van der Waals surface area contributed by atoms with Crippen molar-refractivity contribution in [1.82, 2.24) is 10.6 Å². The van der Waals surface area contributed by atoms with E-state index in [1.54, 1.807) is 0 Å². The quantitative estimate of drug-likeness (QED) is 0.736. The molecule has 7 heteroatoms. The summed E-state index contributed by atoms with van der Waals surface area (Å²) >= 11 is 0. The minimum absolute atomic E-state index is 0.0954. The number of amides is 3. The lowest BCUT2D eigenvalue weighted by Crippen LogP contribution is -2.43. The van der Waals surface area contributed by atoms with Gasteiger partial charge in [-0.25, -0.2) is 4.79 Å². The Morgan fingerprint density at radius 1 is 1.13 bits per heavy atom. The predicted molar refractivity (Wildman–Crippen MR) is 86.2 cm³/mol. The molecule has 1 aliphatic rings. The zero-order chi connectivity index (χ0) is 16.5. The third-order valence-corrected chi connectivity index (χ3v) is 3.30. The first-order valence-electron chi connectivity index (χ1n) is 7.75. The SMILES string of the molecule is CC(=O)Nc1ccc(CCNC(=O)NCC2OCCCO2)cc1. The first-order chi connectivity index (χ1) is 11.1. The zero-order valence-corrected chi connectivity index (χ0v) is 13.3. The Morgan fingerprint density at radius 3 is 2.48 bits per heavy atom. The van der Waals surface area contributed by atoms with Crippen LogP contribution >= 0.6 is 0 Å². The maximum Gasteiger partial charge on any atom is 0.314 e. The number of hydrogen-bond donors (Lipinski definition) is 3. The molecule has 1 saturated heterocycles. The molecule has 3 N–H and O–H groups in total. The number of hydrogen-bond acceptors (Lipinski definition) is 4. The lowest BCUT2D eigenvalue weighted by Gasteiger charge is -2.23. The van der Waals surface area contributed by atoms with Gasteiger partial charge in [-0.15, -0.1) is 0 Å². The second-order valence-electron chi connectivity index (χ2n) is 5.29. The molecule has 1 aliphatic heterocycles. The van der Waals surface area contributed by atoms with E-state index in [4.69, 9.17) is 9.47 Å². The topological polar surface area (TPSA) is 88.7 Å². The standard InChI is InChI=1S/C16H23N3O4/c1-12(20)19-14-5-3-13(4-6-14)7-8-17-16(21)18-11-15-22-9-2-10-23-15/h3-6,15H,2,7-11H2,1H3,(H,19,20)(H2,17,18,21). The van der Waals surface area contributed by atoms with E-state index in [9.17, 15) is 9.59 Å². The van der Waals surface area contributed by atoms with Crippen molar-refractivity contribution >= 4 is 17.6 Å². The Balaban J connectivity index is 1.61. The number of nitrogens with one attached hydrogen (secondary N) is 3. The molecule has 0 bridgehead atoms. The Bertz CT molecular complexity index is 513. The van der Waals surface area contributed by atoms with Gasteiger partial charge in [0.15, 0.2) is 6.29 Å². The second-order valence-corrected chi connectivity index (χ2v) is 5.29. The molecule has 2 rings (SSSR count). The largest absolute Gasteiger partial charge is 0.351 e. The van der Waals surface area contributed by atoms with Crippen LogP contribution in [-0.4, -0.2) is 44.5 Å². The smallest absolute Gasteiger partial charge is 0.314 e. The summed E-state index contributed by atoms with van der Waals surface area (Å²) in [5, 5.41) is 8.22. The van der Waals surface area contributed by atoms with E-state index in [0.717, 1.165) is 17.7 Å². The van der Waals surface area contributed by atoms with Crippen LogP contribution in [0, 0.1) is 0 Å². The van der Waals surface area contributed by atoms with Gasteiger partial charge in [-0.05, 0) is 30.5 Å². The van der Waals surface area contributed by atoms with Crippen LogP contribution in [0.5, 0.6) is 0 Å². The molecular formula is C16H23N3O4. The molecule has 0 saturated carbocycles. The van der Waals surface area contributed by atoms with E-state index in [1.807, 2.05) is 24.3 Å². The van der Waals surface area contributed by atoms with Gasteiger partial charge in [0.25, 0.3) is 0 Å². The van der Waals surface area contributed by atoms with Gasteiger partial charge in [0, 0.05) is 19.2 Å². The van der Waals surface area contributed by atoms with Gasteiger partial charge in [-0.1, -0.05) is 12.1 Å². The predicted octanol–water partition coefficient (Wildman–Crippen LogP) is 1.25. The third kappa shape index (κ3) is 6.66. The molecule has 0 unspecified atom stereocenters. The molecule has 1 heterocycles. The lowest BCUT2D eigenvalue weighted by molar-refractivity contribution is -0.173. The highest BCUT2D eigenvalue weighted by atomic mass is 16.7. The van der Waals surface area contributed by atoms with Gasteiger partial charge in [-0.2, -0.15) is 0 Å². The normalized spacial score (nSPS) is 15.0. The Hall–Kier alpha value is -2.12. The van der Waals surface area contributed by atoms with E-state index in [-0.39, 0.29) is 18.2 Å². The highest BCUT2D eigenvalue weighted by Gasteiger charge is 2.14. The Kier molecular flexibility index (Phi) is 6.83. The molecule has 23 heavy (non-hydrogen) atoms. The molecule has 0 spiro atoms. The van der Waals surface area contributed by atoms with Crippen molar-refractivity contribution in [1.29, 1.82) is 0 Å². The van der Waals surface area contributed by atoms with Crippen LogP contribution in [0.4, 0.5) is 10.5 Å². The summed E-state index contributed by atoms with van der Waals surface area (Å²) in [6.07, 6.45) is 1.25. The van der Waals surface area contributed by atoms with Crippen molar-refractivity contribution < 1.29 is 19.1 Å². The number of urea groups is 1. The van der Waals surface area contributed by atoms with Crippen LogP contribution in [0.1, 0.15) is 18.9 Å². The number of anilines is 1. The lowest BCUT2D eigenvalue weighted by atomic mass is 10.1. The van der Waals surface area contributed by atoms with Crippen molar-refractivity contribution in [3.05, 3.63) is 29.8 Å². The third-order valence-electron chi connectivity index (χ3n) is 3.30. The highest BCUT2D eigenvalue weighted by Crippen LogP contribution is 2.09. The van der Waals surface area contributed by atoms with E-state index in [0.29, 0.717) is 32.7 Å². The van der Waals surface area contributed by atoms with Crippen LogP contribution in [-0.2, 0) is 20.7 Å². The summed E-state index contributed by atoms with van der Waals surface area (Å²) in [6.45, 7) is 3.68. The fraction of sp³-hybridized carbons (Fsp3) is 0.500. The Labute approximate surface area is 135 Å². The minimum atomic E-state index is -0.351. The molecule has 126 valence electrons. The number of benzene rings is 1.